The maximum Gasteiger partial charge on any atom is 0.197 e. The number of halogens is 2. The van der Waals surface area contributed by atoms with E-state index in [1.165, 1.54) is 0 Å². The van der Waals surface area contributed by atoms with Crippen LogP contribution in [0.3, 0.4) is 0 Å². The van der Waals surface area contributed by atoms with E-state index < -0.39 is 0 Å². The average molecular weight is 356 g/mol. The summed E-state index contributed by atoms with van der Waals surface area (Å²) < 4.78 is 1.04. The lowest BCUT2D eigenvalue weighted by Gasteiger charge is -2.03. The van der Waals surface area contributed by atoms with Crippen molar-refractivity contribution in [3.8, 4) is 0 Å². The highest BCUT2D eigenvalue weighted by molar-refractivity contribution is 14.1. The summed E-state index contributed by atoms with van der Waals surface area (Å²) >= 11 is 8.11. The molecular weight excluding hydrogens is 349 g/mol. The maximum atomic E-state index is 12.3. The first-order valence-electron chi connectivity index (χ1n) is 5.06. The average Bonchev–Trinajstić information content (AvgIpc) is 2.32. The van der Waals surface area contributed by atoms with E-state index >= 15 is 0 Å². The van der Waals surface area contributed by atoms with Crippen LogP contribution < -0.4 is 5.43 Å². The molecule has 0 atom stereocenters. The van der Waals surface area contributed by atoms with Crippen molar-refractivity contribution >= 4 is 56.0 Å². The van der Waals surface area contributed by atoms with Crippen molar-refractivity contribution in [2.45, 2.75) is 0 Å². The van der Waals surface area contributed by atoms with Gasteiger partial charge in [-0.15, -0.1) is 0 Å². The molecule has 2 nitrogen and oxygen atoms in total. The minimum Gasteiger partial charge on any atom is -0.354 e. The van der Waals surface area contributed by atoms with Crippen LogP contribution in [0.5, 0.6) is 0 Å². The molecule has 0 aliphatic carbocycles. The van der Waals surface area contributed by atoms with Crippen molar-refractivity contribution in [1.82, 2.24) is 4.98 Å². The normalized spacial score (nSPS) is 11.2. The first-order valence-corrected chi connectivity index (χ1v) is 6.51. The highest BCUT2D eigenvalue weighted by atomic mass is 127. The van der Waals surface area contributed by atoms with Gasteiger partial charge in [-0.2, -0.15) is 0 Å². The molecule has 3 rings (SSSR count). The van der Waals surface area contributed by atoms with Gasteiger partial charge in [0.2, 0.25) is 0 Å². The van der Waals surface area contributed by atoms with Gasteiger partial charge in [0.05, 0.1) is 0 Å². The molecule has 0 radical (unpaired) electrons. The Labute approximate surface area is 116 Å². The maximum absolute atomic E-state index is 12.3. The Morgan fingerprint density at radius 2 is 1.65 bits per heavy atom. The quantitative estimate of drug-likeness (QED) is 0.481. The highest BCUT2D eigenvalue weighted by Crippen LogP contribution is 2.19. The van der Waals surface area contributed by atoms with E-state index in [0.29, 0.717) is 15.8 Å². The number of hydrogen-bond acceptors (Lipinski definition) is 1. The molecule has 0 unspecified atom stereocenters. The lowest BCUT2D eigenvalue weighted by atomic mass is 10.1. The summed E-state index contributed by atoms with van der Waals surface area (Å²) in [5.74, 6) is 0. The smallest absolute Gasteiger partial charge is 0.197 e. The molecular formula is C13H7ClINO. The van der Waals surface area contributed by atoms with Gasteiger partial charge in [-0.05, 0) is 59.0 Å². The Morgan fingerprint density at radius 3 is 2.41 bits per heavy atom. The first-order chi connectivity index (χ1) is 8.15. The van der Waals surface area contributed by atoms with Crippen LogP contribution in [0.2, 0.25) is 5.02 Å². The second-order valence-corrected chi connectivity index (χ2v) is 5.52. The molecule has 1 N–H and O–H groups in total. The van der Waals surface area contributed by atoms with Crippen LogP contribution in [-0.4, -0.2) is 4.98 Å². The van der Waals surface area contributed by atoms with E-state index in [2.05, 4.69) is 27.6 Å². The van der Waals surface area contributed by atoms with Crippen LogP contribution in [0.1, 0.15) is 0 Å². The highest BCUT2D eigenvalue weighted by Gasteiger charge is 2.06. The monoisotopic (exact) mass is 355 g/mol. The third-order valence-corrected chi connectivity index (χ3v) is 3.63. The standard InChI is InChI=1S/C13H7ClINO/c14-7-1-3-11-9(5-7)13(17)10-6-8(15)2-4-12(10)16-11/h1-6H,(H,16,17). The molecule has 0 aliphatic rings. The number of aromatic nitrogens is 1. The van der Waals surface area contributed by atoms with Crippen molar-refractivity contribution in [2.75, 3.05) is 0 Å². The summed E-state index contributed by atoms with van der Waals surface area (Å²) in [4.78, 5) is 15.6. The molecule has 3 aromatic rings. The van der Waals surface area contributed by atoms with Crippen molar-refractivity contribution in [2.24, 2.45) is 0 Å². The predicted octanol–water partition coefficient (Wildman–Crippen LogP) is 3.94. The molecule has 0 bridgehead atoms. The zero-order valence-electron chi connectivity index (χ0n) is 8.63. The summed E-state index contributed by atoms with van der Waals surface area (Å²) in [5, 5.41) is 1.91. The van der Waals surface area contributed by atoms with E-state index in [-0.39, 0.29) is 5.43 Å². The number of fused-ring (bicyclic) bond motifs is 2. The van der Waals surface area contributed by atoms with Crippen LogP contribution in [0.15, 0.2) is 41.2 Å². The predicted molar refractivity (Wildman–Crippen MR) is 79.8 cm³/mol. The lowest BCUT2D eigenvalue weighted by Crippen LogP contribution is -2.04. The molecule has 17 heavy (non-hydrogen) atoms. The van der Waals surface area contributed by atoms with Gasteiger partial charge >= 0.3 is 0 Å². The molecule has 2 aromatic carbocycles. The third-order valence-electron chi connectivity index (χ3n) is 2.72. The Kier molecular flexibility index (Phi) is 2.60. The van der Waals surface area contributed by atoms with Gasteiger partial charge in [0, 0.05) is 30.4 Å². The first kappa shape index (κ1) is 11.0. The van der Waals surface area contributed by atoms with Gasteiger partial charge in [0.1, 0.15) is 0 Å². The molecule has 0 fully saturated rings. The van der Waals surface area contributed by atoms with Gasteiger partial charge in [-0.3, -0.25) is 4.79 Å². The molecule has 1 heterocycles. The molecule has 0 amide bonds. The fourth-order valence-electron chi connectivity index (χ4n) is 1.92. The Bertz CT molecular complexity index is 731. The van der Waals surface area contributed by atoms with Crippen LogP contribution >= 0.6 is 34.2 Å². The minimum absolute atomic E-state index is 0.0229. The SMILES string of the molecule is O=c1c2cc(Cl)ccc2[nH]c2ccc(I)cc12. The van der Waals surface area contributed by atoms with Gasteiger partial charge < -0.3 is 4.98 Å². The van der Waals surface area contributed by atoms with Crippen LogP contribution in [0, 0.1) is 3.57 Å². The van der Waals surface area contributed by atoms with E-state index in [0.717, 1.165) is 14.6 Å². The lowest BCUT2D eigenvalue weighted by molar-refractivity contribution is 1.47. The van der Waals surface area contributed by atoms with Crippen LogP contribution in [0.4, 0.5) is 0 Å². The molecule has 0 saturated carbocycles. The molecule has 4 heteroatoms. The number of benzene rings is 2. The number of rotatable bonds is 0. The third kappa shape index (κ3) is 1.83. The number of nitrogens with one attached hydrogen (secondary N) is 1. The summed E-state index contributed by atoms with van der Waals surface area (Å²) in [6.07, 6.45) is 0. The summed E-state index contributed by atoms with van der Waals surface area (Å²) in [5.41, 5.74) is 1.69. The number of H-pyrrole nitrogens is 1. The fraction of sp³-hybridized carbons (Fsp3) is 0. The summed E-state index contributed by atoms with van der Waals surface area (Å²) in [6, 6.07) is 11.1. The van der Waals surface area contributed by atoms with E-state index in [1.54, 1.807) is 12.1 Å². The van der Waals surface area contributed by atoms with Crippen molar-refractivity contribution in [1.29, 1.82) is 0 Å². The van der Waals surface area contributed by atoms with Gasteiger partial charge in [-0.1, -0.05) is 11.6 Å². The number of pyridine rings is 1. The number of hydrogen-bond donors (Lipinski definition) is 1. The minimum atomic E-state index is 0.0229. The molecule has 0 saturated heterocycles. The largest absolute Gasteiger partial charge is 0.354 e. The Hall–Kier alpha value is -1.07. The van der Waals surface area contributed by atoms with E-state index in [9.17, 15) is 4.79 Å². The molecule has 1 aromatic heterocycles. The molecule has 84 valence electrons. The van der Waals surface area contributed by atoms with Crippen molar-refractivity contribution in [3.63, 3.8) is 0 Å². The van der Waals surface area contributed by atoms with E-state index in [4.69, 9.17) is 11.6 Å². The van der Waals surface area contributed by atoms with Crippen molar-refractivity contribution < 1.29 is 0 Å². The fourth-order valence-corrected chi connectivity index (χ4v) is 2.58. The Morgan fingerprint density at radius 1 is 1.00 bits per heavy atom. The van der Waals surface area contributed by atoms with Crippen LogP contribution in [0.25, 0.3) is 21.8 Å². The van der Waals surface area contributed by atoms with Gasteiger partial charge in [0.25, 0.3) is 0 Å². The topological polar surface area (TPSA) is 32.9 Å². The zero-order chi connectivity index (χ0) is 12.0. The second kappa shape index (κ2) is 3.99. The van der Waals surface area contributed by atoms with Crippen molar-refractivity contribution in [3.05, 3.63) is 55.2 Å². The zero-order valence-corrected chi connectivity index (χ0v) is 11.5. The van der Waals surface area contributed by atoms with Crippen LogP contribution in [-0.2, 0) is 0 Å². The number of aromatic amines is 1. The summed E-state index contributed by atoms with van der Waals surface area (Å²) in [7, 11) is 0. The second-order valence-electron chi connectivity index (χ2n) is 3.83. The Balaban J connectivity index is 2.58. The van der Waals surface area contributed by atoms with Gasteiger partial charge in [0.15, 0.2) is 5.43 Å². The van der Waals surface area contributed by atoms with E-state index in [1.807, 2.05) is 24.3 Å². The summed E-state index contributed by atoms with van der Waals surface area (Å²) in [6.45, 7) is 0. The van der Waals surface area contributed by atoms with Gasteiger partial charge in [-0.25, -0.2) is 0 Å². The molecule has 0 spiro atoms. The molecule has 0 aliphatic heterocycles.